The molecular weight excluding hydrogens is 973 g/mol. The lowest BCUT2D eigenvalue weighted by Gasteiger charge is -2.45. The first-order valence-corrected chi connectivity index (χ1v) is 26.1. The van der Waals surface area contributed by atoms with E-state index in [-0.39, 0.29) is 11.6 Å². The highest BCUT2D eigenvalue weighted by Crippen LogP contribution is 2.66. The zero-order valence-electron chi connectivity index (χ0n) is 44.3. The molecule has 0 saturated carbocycles. The lowest BCUT2D eigenvalue weighted by atomic mass is 9.58. The molecule has 6 aliphatic rings. The van der Waals surface area contributed by atoms with E-state index in [2.05, 4.69) is 45.6 Å². The van der Waals surface area contributed by atoms with Crippen LogP contribution in [0.25, 0.3) is 23.5 Å². The van der Waals surface area contributed by atoms with E-state index in [0.717, 1.165) is 55.9 Å². The number of hydrogen-bond donors (Lipinski definition) is 0. The fraction of sp³-hybridized carbons (Fsp3) is 0.235. The molecule has 12 rings (SSSR count). The van der Waals surface area contributed by atoms with Crippen LogP contribution in [0, 0.1) is 46.3 Å². The van der Waals surface area contributed by atoms with E-state index in [1.54, 1.807) is 38.5 Å². The second kappa shape index (κ2) is 20.3. The molecule has 78 heavy (non-hydrogen) atoms. The zero-order chi connectivity index (χ0) is 54.4. The maximum Gasteiger partial charge on any atom is 0.329 e. The summed E-state index contributed by atoms with van der Waals surface area (Å²) in [5, 5.41) is 0. The van der Waals surface area contributed by atoms with Gasteiger partial charge in [0.05, 0.1) is 37.5 Å². The first-order valence-electron chi connectivity index (χ1n) is 26.1. The Morgan fingerprint density at radius 3 is 1.14 bits per heavy atom. The Balaban J connectivity index is 0.000000165. The van der Waals surface area contributed by atoms with Gasteiger partial charge in [0.15, 0.2) is 11.6 Å². The van der Waals surface area contributed by atoms with E-state index in [4.69, 9.17) is 18.9 Å². The third-order valence-electron chi connectivity index (χ3n) is 16.8. The summed E-state index contributed by atoms with van der Waals surface area (Å²) in [5.74, 6) is 11.1. The van der Waals surface area contributed by atoms with Crippen LogP contribution in [-0.4, -0.2) is 85.0 Å². The van der Waals surface area contributed by atoms with Gasteiger partial charge in [0.25, 0.3) is 0 Å². The second-order valence-electron chi connectivity index (χ2n) is 20.7. The van der Waals surface area contributed by atoms with Crippen molar-refractivity contribution in [1.82, 2.24) is 9.80 Å². The van der Waals surface area contributed by atoms with E-state index >= 15 is 0 Å². The monoisotopic (exact) mass is 1030 g/mol. The average molecular weight is 1030 g/mol. The number of ether oxygens (including phenoxy) is 4. The van der Waals surface area contributed by atoms with Gasteiger partial charge in [0, 0.05) is 48.6 Å². The highest BCUT2D eigenvalue weighted by atomic mass is 16.5. The van der Waals surface area contributed by atoms with Gasteiger partial charge >= 0.3 is 11.9 Å². The molecule has 0 amide bonds. The Kier molecular flexibility index (Phi) is 13.3. The number of fused-ring (bicyclic) bond motifs is 10. The SMILES string of the molecule is COC(=O)[C@@H]1[C@@H]2[C@@](C#Cc3ccccc3)(C(=O)C=C[C@]2(C)OC)[C@H]2c3ccccc3C=C(c3ccccc3)N12.COC(=O)[C@H]1[C@H]2[C@](C#Cc3ccccc3)(C(=O)C=C[C@@]2(C)OC)[C@@H]2c3ccccc3C=C(c3ccccc3)N21. The molecule has 2 aliphatic carbocycles. The van der Waals surface area contributed by atoms with Crippen molar-refractivity contribution in [3.8, 4) is 23.7 Å². The lowest BCUT2D eigenvalue weighted by molar-refractivity contribution is -0.152. The van der Waals surface area contributed by atoms with Crippen molar-refractivity contribution in [1.29, 1.82) is 0 Å². The van der Waals surface area contributed by atoms with Crippen molar-refractivity contribution >= 4 is 47.1 Å². The molecule has 10 atom stereocenters. The Morgan fingerprint density at radius 2 is 0.795 bits per heavy atom. The van der Waals surface area contributed by atoms with Gasteiger partial charge in [0.2, 0.25) is 0 Å². The number of rotatable bonds is 6. The highest BCUT2D eigenvalue weighted by molar-refractivity contribution is 6.05. The molecule has 0 spiro atoms. The summed E-state index contributed by atoms with van der Waals surface area (Å²) < 4.78 is 23.1. The van der Waals surface area contributed by atoms with Crippen LogP contribution in [0.1, 0.15) is 70.4 Å². The van der Waals surface area contributed by atoms with Crippen molar-refractivity contribution in [2.45, 2.75) is 49.2 Å². The topological polar surface area (TPSA) is 112 Å². The molecule has 4 heterocycles. The number of ketones is 2. The summed E-state index contributed by atoms with van der Waals surface area (Å²) >= 11 is 0. The first-order chi connectivity index (χ1) is 37.9. The largest absolute Gasteiger partial charge is 0.467 e. The lowest BCUT2D eigenvalue weighted by Crippen LogP contribution is -2.55. The molecule has 0 N–H and O–H groups in total. The Bertz CT molecular complexity index is 3370. The van der Waals surface area contributed by atoms with Gasteiger partial charge < -0.3 is 28.7 Å². The van der Waals surface area contributed by atoms with E-state index in [1.807, 2.05) is 184 Å². The number of allylic oxidation sites excluding steroid dienone is 2. The number of benzene rings is 6. The van der Waals surface area contributed by atoms with Crippen LogP contribution in [0.15, 0.2) is 194 Å². The van der Waals surface area contributed by atoms with Crippen molar-refractivity contribution in [3.05, 3.63) is 239 Å². The van der Waals surface area contributed by atoms with Gasteiger partial charge in [-0.2, -0.15) is 0 Å². The molecule has 6 aromatic carbocycles. The molecule has 2 saturated heterocycles. The number of carbonyl (C=O) groups excluding carboxylic acids is 4. The number of carbonyl (C=O) groups is 4. The van der Waals surface area contributed by atoms with Gasteiger partial charge in [-0.1, -0.05) is 169 Å². The van der Waals surface area contributed by atoms with Crippen LogP contribution in [0.4, 0.5) is 0 Å². The maximum atomic E-state index is 14.3. The minimum atomic E-state index is -1.29. The van der Waals surface area contributed by atoms with E-state index < -0.39 is 70.0 Å². The third-order valence-corrected chi connectivity index (χ3v) is 16.8. The van der Waals surface area contributed by atoms with Crippen LogP contribution in [0.2, 0.25) is 0 Å². The summed E-state index contributed by atoms with van der Waals surface area (Å²) in [6, 6.07) is 52.4. The molecule has 6 aromatic rings. The van der Waals surface area contributed by atoms with Gasteiger partial charge in [-0.05, 0) is 108 Å². The Labute approximate surface area is 455 Å². The normalized spacial score (nSPS) is 28.4. The fourth-order valence-corrected chi connectivity index (χ4v) is 13.2. The van der Waals surface area contributed by atoms with Gasteiger partial charge in [-0.25, -0.2) is 9.59 Å². The minimum absolute atomic E-state index is 0.143. The van der Waals surface area contributed by atoms with Crippen LogP contribution in [0.3, 0.4) is 0 Å². The number of hydrogen-bond acceptors (Lipinski definition) is 10. The van der Waals surface area contributed by atoms with Crippen molar-refractivity contribution in [2.75, 3.05) is 28.4 Å². The molecule has 0 aromatic heterocycles. The van der Waals surface area contributed by atoms with Crippen LogP contribution in [-0.2, 0) is 38.1 Å². The van der Waals surface area contributed by atoms with Crippen molar-refractivity contribution < 1.29 is 38.1 Å². The molecule has 0 unspecified atom stereocenters. The summed E-state index contributed by atoms with van der Waals surface area (Å²) in [4.78, 5) is 60.4. The molecule has 0 bridgehead atoms. The van der Waals surface area contributed by atoms with E-state index in [1.165, 1.54) is 14.2 Å². The zero-order valence-corrected chi connectivity index (χ0v) is 44.3. The van der Waals surface area contributed by atoms with Gasteiger partial charge in [0.1, 0.15) is 22.9 Å². The van der Waals surface area contributed by atoms with Crippen LogP contribution in [0.5, 0.6) is 0 Å². The Morgan fingerprint density at radius 1 is 0.462 bits per heavy atom. The summed E-state index contributed by atoms with van der Waals surface area (Å²) in [5.41, 5.74) is 4.50. The quantitative estimate of drug-likeness (QED) is 0.118. The van der Waals surface area contributed by atoms with E-state index in [9.17, 15) is 19.2 Å². The third kappa shape index (κ3) is 8.06. The minimum Gasteiger partial charge on any atom is -0.467 e. The second-order valence-corrected chi connectivity index (χ2v) is 20.7. The number of nitrogens with zero attached hydrogens (tertiary/aromatic N) is 2. The molecule has 388 valence electrons. The predicted octanol–water partition coefficient (Wildman–Crippen LogP) is 10.6. The van der Waals surface area contributed by atoms with Gasteiger partial charge in [-0.15, -0.1) is 0 Å². The first kappa shape index (κ1) is 51.3. The molecule has 4 aliphatic heterocycles. The number of esters is 2. The van der Waals surface area contributed by atoms with Crippen LogP contribution < -0.4 is 0 Å². The van der Waals surface area contributed by atoms with E-state index in [0.29, 0.717) is 0 Å². The standard InChI is InChI=1S/2C34H29NO4/c2*1-33(39-3)20-19-28(36)34(21-18-23-12-6-4-7-13-23)30(33)29(32(37)38-2)35-27(24-14-8-5-9-15-24)22-25-16-10-11-17-26(25)31(34)35/h2*4-17,19-20,22,29-31H,1-3H3/t2*29-,30-,31+,33-,34+/m10/s1. The molecule has 0 radical (unpaired) electrons. The molecule has 10 nitrogen and oxygen atoms in total. The summed E-state index contributed by atoms with van der Waals surface area (Å²) in [6.45, 7) is 3.84. The maximum absolute atomic E-state index is 14.3. The molecular formula is C68H58N2O8. The predicted molar refractivity (Wildman–Crippen MR) is 300 cm³/mol. The average Bonchev–Trinajstić information content (AvgIpc) is 4.22. The molecule has 2 fully saturated rings. The summed E-state index contributed by atoms with van der Waals surface area (Å²) in [6.07, 6.45) is 10.9. The summed E-state index contributed by atoms with van der Waals surface area (Å²) in [7, 11) is 6.01. The highest BCUT2D eigenvalue weighted by Gasteiger charge is 2.73. The smallest absolute Gasteiger partial charge is 0.329 e. The van der Waals surface area contributed by atoms with Crippen LogP contribution >= 0.6 is 0 Å². The number of methoxy groups -OCH3 is 4. The Hall–Kier alpha value is -8.80. The van der Waals surface area contributed by atoms with Crippen molar-refractivity contribution in [2.24, 2.45) is 22.7 Å². The van der Waals surface area contributed by atoms with Gasteiger partial charge in [-0.3, -0.25) is 9.59 Å². The van der Waals surface area contributed by atoms with Crippen molar-refractivity contribution in [3.63, 3.8) is 0 Å². The fourth-order valence-electron chi connectivity index (χ4n) is 13.2. The molecule has 10 heteroatoms.